The molecule has 3 rings (SSSR count). The van der Waals surface area contributed by atoms with Crippen molar-refractivity contribution in [2.75, 3.05) is 13.1 Å². The number of amides is 1. The zero-order chi connectivity index (χ0) is 13.9. The van der Waals surface area contributed by atoms with Gasteiger partial charge in [0.05, 0.1) is 5.69 Å². The van der Waals surface area contributed by atoms with Gasteiger partial charge in [0.15, 0.2) is 0 Å². The van der Waals surface area contributed by atoms with Crippen LogP contribution in [-0.2, 0) is 0 Å². The third kappa shape index (κ3) is 2.27. The molecule has 1 amide bonds. The van der Waals surface area contributed by atoms with Gasteiger partial charge < -0.3 is 10.6 Å². The molecule has 0 bridgehead atoms. The molecule has 2 heterocycles. The van der Waals surface area contributed by atoms with Crippen molar-refractivity contribution in [2.24, 2.45) is 5.73 Å². The molecular formula is C13H16N6O. The van der Waals surface area contributed by atoms with E-state index in [0.717, 1.165) is 25.1 Å². The number of hydrogen-bond donors (Lipinski definition) is 1. The number of hydrogen-bond acceptors (Lipinski definition) is 5. The summed E-state index contributed by atoms with van der Waals surface area (Å²) in [5.41, 5.74) is 7.20. The Hall–Kier alpha value is -2.28. The van der Waals surface area contributed by atoms with E-state index in [1.54, 1.807) is 16.8 Å². The van der Waals surface area contributed by atoms with Gasteiger partial charge in [-0.1, -0.05) is 0 Å². The number of tetrazole rings is 1. The highest BCUT2D eigenvalue weighted by atomic mass is 16.2. The van der Waals surface area contributed by atoms with Crippen LogP contribution < -0.4 is 5.73 Å². The Kier molecular flexibility index (Phi) is 3.42. The van der Waals surface area contributed by atoms with Crippen molar-refractivity contribution >= 4 is 5.91 Å². The van der Waals surface area contributed by atoms with Gasteiger partial charge in [-0.05, 0) is 47.5 Å². The Labute approximate surface area is 116 Å². The molecule has 0 saturated carbocycles. The Morgan fingerprint density at radius 2 is 2.15 bits per heavy atom. The second-order valence-corrected chi connectivity index (χ2v) is 4.83. The zero-order valence-corrected chi connectivity index (χ0v) is 11.0. The number of nitrogens with zero attached hydrogens (tertiary/aromatic N) is 5. The van der Waals surface area contributed by atoms with Crippen LogP contribution in [0.4, 0.5) is 0 Å². The molecule has 1 aliphatic rings. The topological polar surface area (TPSA) is 89.9 Å². The van der Waals surface area contributed by atoms with Crippen LogP contribution >= 0.6 is 0 Å². The molecule has 0 radical (unpaired) electrons. The second-order valence-electron chi connectivity index (χ2n) is 4.83. The van der Waals surface area contributed by atoms with Crippen LogP contribution in [0.1, 0.15) is 23.2 Å². The van der Waals surface area contributed by atoms with Gasteiger partial charge in [0.2, 0.25) is 0 Å². The third-order valence-electron chi connectivity index (χ3n) is 3.64. The fourth-order valence-electron chi connectivity index (χ4n) is 2.55. The van der Waals surface area contributed by atoms with Gasteiger partial charge in [-0.3, -0.25) is 4.79 Å². The fraction of sp³-hybridized carbons (Fsp3) is 0.385. The number of carbonyl (C=O) groups is 1. The molecular weight excluding hydrogens is 256 g/mol. The first-order valence-electron chi connectivity index (χ1n) is 6.64. The summed E-state index contributed by atoms with van der Waals surface area (Å²) in [4.78, 5) is 14.3. The molecule has 1 atom stereocenters. The van der Waals surface area contributed by atoms with Gasteiger partial charge in [0.25, 0.3) is 5.91 Å². The van der Waals surface area contributed by atoms with E-state index in [4.69, 9.17) is 5.73 Å². The standard InChI is InChI=1S/C13H16N6O/c14-8-12-2-1-7-18(12)13(20)10-3-5-11(6-4-10)19-9-15-16-17-19/h3-6,9,12H,1-2,7-8,14H2. The van der Waals surface area contributed by atoms with Crippen molar-refractivity contribution in [1.82, 2.24) is 25.1 Å². The lowest BCUT2D eigenvalue weighted by Crippen LogP contribution is -2.39. The van der Waals surface area contributed by atoms with E-state index < -0.39 is 0 Å². The van der Waals surface area contributed by atoms with E-state index in [-0.39, 0.29) is 11.9 Å². The molecule has 1 aromatic heterocycles. The second kappa shape index (κ2) is 5.38. The van der Waals surface area contributed by atoms with Gasteiger partial charge >= 0.3 is 0 Å². The monoisotopic (exact) mass is 272 g/mol. The third-order valence-corrected chi connectivity index (χ3v) is 3.64. The molecule has 0 aliphatic carbocycles. The minimum absolute atomic E-state index is 0.0428. The summed E-state index contributed by atoms with van der Waals surface area (Å²) in [6, 6.07) is 7.42. The van der Waals surface area contributed by atoms with Crippen molar-refractivity contribution in [3.8, 4) is 5.69 Å². The number of carbonyl (C=O) groups excluding carboxylic acids is 1. The largest absolute Gasteiger partial charge is 0.334 e. The van der Waals surface area contributed by atoms with E-state index >= 15 is 0 Å². The highest BCUT2D eigenvalue weighted by Gasteiger charge is 2.28. The SMILES string of the molecule is NCC1CCCN1C(=O)c1ccc(-n2cnnn2)cc1. The molecule has 2 aromatic rings. The maximum absolute atomic E-state index is 12.4. The van der Waals surface area contributed by atoms with Crippen LogP contribution in [0.5, 0.6) is 0 Å². The first-order chi connectivity index (χ1) is 9.79. The molecule has 7 heteroatoms. The summed E-state index contributed by atoms with van der Waals surface area (Å²) in [6.07, 6.45) is 3.53. The van der Waals surface area contributed by atoms with E-state index in [2.05, 4.69) is 15.5 Å². The summed E-state index contributed by atoms with van der Waals surface area (Å²) < 4.78 is 1.55. The van der Waals surface area contributed by atoms with Gasteiger partial charge in [-0.2, -0.15) is 0 Å². The molecule has 2 N–H and O–H groups in total. The van der Waals surface area contributed by atoms with E-state index in [0.29, 0.717) is 12.1 Å². The molecule has 1 fully saturated rings. The number of likely N-dealkylation sites (tertiary alicyclic amines) is 1. The van der Waals surface area contributed by atoms with Gasteiger partial charge in [-0.25, -0.2) is 4.68 Å². The normalized spacial score (nSPS) is 18.4. The maximum Gasteiger partial charge on any atom is 0.254 e. The van der Waals surface area contributed by atoms with E-state index in [9.17, 15) is 4.79 Å². The fourth-order valence-corrected chi connectivity index (χ4v) is 2.55. The number of nitrogens with two attached hydrogens (primary N) is 1. The Morgan fingerprint density at radius 3 is 2.80 bits per heavy atom. The molecule has 1 unspecified atom stereocenters. The molecule has 1 aliphatic heterocycles. The van der Waals surface area contributed by atoms with Crippen molar-refractivity contribution < 1.29 is 4.79 Å². The molecule has 1 aromatic carbocycles. The van der Waals surface area contributed by atoms with Crippen LogP contribution in [0.25, 0.3) is 5.69 Å². The molecule has 1 saturated heterocycles. The van der Waals surface area contributed by atoms with Crippen molar-refractivity contribution in [3.63, 3.8) is 0 Å². The lowest BCUT2D eigenvalue weighted by molar-refractivity contribution is 0.0741. The Morgan fingerprint density at radius 1 is 1.35 bits per heavy atom. The van der Waals surface area contributed by atoms with E-state index in [1.165, 1.54) is 6.33 Å². The van der Waals surface area contributed by atoms with Crippen molar-refractivity contribution in [1.29, 1.82) is 0 Å². The first-order valence-corrected chi connectivity index (χ1v) is 6.64. The highest BCUT2D eigenvalue weighted by molar-refractivity contribution is 5.94. The minimum atomic E-state index is 0.0428. The van der Waals surface area contributed by atoms with Crippen LogP contribution in [0.3, 0.4) is 0 Å². The first kappa shape index (κ1) is 12.7. The van der Waals surface area contributed by atoms with Crippen molar-refractivity contribution in [2.45, 2.75) is 18.9 Å². The van der Waals surface area contributed by atoms with E-state index in [1.807, 2.05) is 17.0 Å². The molecule has 20 heavy (non-hydrogen) atoms. The van der Waals surface area contributed by atoms with Crippen LogP contribution in [0.15, 0.2) is 30.6 Å². The number of aromatic nitrogens is 4. The van der Waals surface area contributed by atoms with Crippen LogP contribution in [0, 0.1) is 0 Å². The summed E-state index contributed by atoms with van der Waals surface area (Å²) in [5, 5.41) is 11.0. The number of benzene rings is 1. The summed E-state index contributed by atoms with van der Waals surface area (Å²) in [7, 11) is 0. The molecule has 7 nitrogen and oxygen atoms in total. The average molecular weight is 272 g/mol. The van der Waals surface area contributed by atoms with Crippen LogP contribution in [-0.4, -0.2) is 50.1 Å². The highest BCUT2D eigenvalue weighted by Crippen LogP contribution is 2.19. The van der Waals surface area contributed by atoms with Gasteiger partial charge in [-0.15, -0.1) is 5.10 Å². The Bertz CT molecular complexity index is 579. The predicted molar refractivity (Wildman–Crippen MR) is 72.3 cm³/mol. The van der Waals surface area contributed by atoms with Crippen LogP contribution in [0.2, 0.25) is 0 Å². The zero-order valence-electron chi connectivity index (χ0n) is 11.0. The minimum Gasteiger partial charge on any atom is -0.334 e. The van der Waals surface area contributed by atoms with Gasteiger partial charge in [0, 0.05) is 24.7 Å². The Balaban J connectivity index is 1.79. The molecule has 104 valence electrons. The average Bonchev–Trinajstić information content (AvgIpc) is 3.17. The molecule has 0 spiro atoms. The summed E-state index contributed by atoms with van der Waals surface area (Å²) in [6.45, 7) is 1.31. The maximum atomic E-state index is 12.4. The lowest BCUT2D eigenvalue weighted by atomic mass is 10.1. The summed E-state index contributed by atoms with van der Waals surface area (Å²) in [5.74, 6) is 0.0428. The predicted octanol–water partition coefficient (Wildman–Crippen LogP) is 0.226. The quantitative estimate of drug-likeness (QED) is 0.863. The van der Waals surface area contributed by atoms with Crippen molar-refractivity contribution in [3.05, 3.63) is 36.2 Å². The smallest absolute Gasteiger partial charge is 0.254 e. The lowest BCUT2D eigenvalue weighted by Gasteiger charge is -2.23. The summed E-state index contributed by atoms with van der Waals surface area (Å²) >= 11 is 0. The number of rotatable bonds is 3. The van der Waals surface area contributed by atoms with Gasteiger partial charge in [0.1, 0.15) is 6.33 Å².